The summed E-state index contributed by atoms with van der Waals surface area (Å²) in [4.78, 5) is 81.7. The first kappa shape index (κ1) is 33.6. The van der Waals surface area contributed by atoms with Gasteiger partial charge in [0.2, 0.25) is 6.54 Å². The van der Waals surface area contributed by atoms with Gasteiger partial charge in [0.05, 0.1) is 12.4 Å². The lowest BCUT2D eigenvalue weighted by molar-refractivity contribution is -0.481. The van der Waals surface area contributed by atoms with Crippen LogP contribution >= 0.6 is 11.8 Å². The lowest BCUT2D eigenvalue weighted by Crippen LogP contribution is -2.56. The van der Waals surface area contributed by atoms with Crippen molar-refractivity contribution in [1.29, 1.82) is 0 Å². The molecule has 0 aromatic heterocycles. The molecule has 0 aromatic carbocycles. The molecule has 0 radical (unpaired) electrons. The maximum Gasteiger partial charge on any atom is 0.315 e. The highest BCUT2D eigenvalue weighted by atomic mass is 32.2. The number of carbonyl (C=O) groups is 6. The Labute approximate surface area is 216 Å². The summed E-state index contributed by atoms with van der Waals surface area (Å²) in [5, 5.41) is 10.1. The molecule has 5 atom stereocenters. The van der Waals surface area contributed by atoms with Crippen LogP contribution in [0.1, 0.15) is 41.5 Å². The van der Waals surface area contributed by atoms with Crippen molar-refractivity contribution in [1.82, 2.24) is 0 Å². The molecule has 15 nitrogen and oxygen atoms in total. The van der Waals surface area contributed by atoms with E-state index in [1.807, 2.05) is 0 Å². The Hall–Kier alpha value is -3.43. The lowest BCUT2D eigenvalue weighted by atomic mass is 9.99. The minimum Gasteiger partial charge on any atom is -0.465 e. The summed E-state index contributed by atoms with van der Waals surface area (Å²) in [7, 11) is 0. The second-order valence-corrected chi connectivity index (χ2v) is 8.57. The molecule has 0 saturated heterocycles. The maximum atomic E-state index is 12.0. The molecule has 0 aromatic rings. The third-order valence-electron chi connectivity index (χ3n) is 4.10. The molecule has 16 heteroatoms. The zero-order valence-corrected chi connectivity index (χ0v) is 22.1. The fraction of sp³-hybridized carbons (Fsp3) is 0.714. The third-order valence-corrected chi connectivity index (χ3v) is 5.35. The predicted molar refractivity (Wildman–Crippen MR) is 124 cm³/mol. The topological polar surface area (TPSA) is 201 Å². The van der Waals surface area contributed by atoms with Crippen LogP contribution in [-0.2, 0) is 57.2 Å². The molecule has 0 aliphatic heterocycles. The van der Waals surface area contributed by atoms with Crippen LogP contribution < -0.4 is 0 Å². The van der Waals surface area contributed by atoms with E-state index in [1.165, 1.54) is 0 Å². The number of hydrogen-bond acceptors (Lipinski definition) is 15. The minimum atomic E-state index is -1.80. The molecule has 0 aliphatic rings. The second-order valence-electron chi connectivity index (χ2n) is 7.34. The SMILES string of the molecule is CCOC(=O)CS[C@@H](C[N+](=O)[O-])[C@H](OC(C)=O)[C@@H](OC(C)=O)[C@@H](OC(C)=O)[C@@H](COC(C)=O)OC(C)=O. The van der Waals surface area contributed by atoms with Crippen molar-refractivity contribution in [3.8, 4) is 0 Å². The van der Waals surface area contributed by atoms with Crippen molar-refractivity contribution in [2.75, 3.05) is 25.5 Å². The fourth-order valence-corrected chi connectivity index (χ4v) is 4.05. The van der Waals surface area contributed by atoms with Gasteiger partial charge in [0, 0.05) is 39.5 Å². The summed E-state index contributed by atoms with van der Waals surface area (Å²) in [5.41, 5.74) is 0. The van der Waals surface area contributed by atoms with Gasteiger partial charge in [-0.25, -0.2) is 0 Å². The standard InChI is InChI=1S/C21H31NO14S/c1-7-31-18(28)10-37-17(8-22(29)30)20(35-14(5)26)21(36-15(6)27)19(34-13(4)25)16(33-12(3)24)9-32-11(2)23/h16-17,19-21H,7-10H2,1-6H3/t16-,17+,19+,20+,21+/m1/s1. The molecule has 0 unspecified atom stereocenters. The van der Waals surface area contributed by atoms with E-state index in [-0.39, 0.29) is 6.61 Å². The van der Waals surface area contributed by atoms with E-state index in [2.05, 4.69) is 0 Å². The highest BCUT2D eigenvalue weighted by molar-refractivity contribution is 8.00. The molecule has 0 rings (SSSR count). The van der Waals surface area contributed by atoms with E-state index < -0.39 is 89.3 Å². The number of nitro groups is 1. The van der Waals surface area contributed by atoms with Crippen LogP contribution in [0.3, 0.4) is 0 Å². The van der Waals surface area contributed by atoms with Crippen LogP contribution in [0.25, 0.3) is 0 Å². The third kappa shape index (κ3) is 14.7. The van der Waals surface area contributed by atoms with Gasteiger partial charge in [-0.05, 0) is 6.92 Å². The van der Waals surface area contributed by atoms with Gasteiger partial charge in [0.1, 0.15) is 11.9 Å². The maximum absolute atomic E-state index is 12.0. The Balaban J connectivity index is 6.74. The molecule has 0 spiro atoms. The molecular weight excluding hydrogens is 522 g/mol. The molecule has 0 N–H and O–H groups in total. The highest BCUT2D eigenvalue weighted by Gasteiger charge is 2.48. The summed E-state index contributed by atoms with van der Waals surface area (Å²) in [5.74, 6) is -5.74. The van der Waals surface area contributed by atoms with Crippen molar-refractivity contribution in [2.45, 2.75) is 71.2 Å². The second kappa shape index (κ2) is 17.1. The van der Waals surface area contributed by atoms with Gasteiger partial charge in [0.25, 0.3) is 0 Å². The van der Waals surface area contributed by atoms with Crippen molar-refractivity contribution in [3.63, 3.8) is 0 Å². The number of nitrogens with zero attached hydrogens (tertiary/aromatic N) is 1. The zero-order valence-electron chi connectivity index (χ0n) is 21.3. The number of thioether (sulfide) groups is 1. The van der Waals surface area contributed by atoms with E-state index in [4.69, 9.17) is 28.4 Å². The first-order valence-electron chi connectivity index (χ1n) is 10.9. The van der Waals surface area contributed by atoms with Gasteiger partial charge in [-0.3, -0.25) is 38.9 Å². The fourth-order valence-electron chi connectivity index (χ4n) is 2.99. The Morgan fingerprint density at radius 3 is 1.65 bits per heavy atom. The molecule has 0 aliphatic carbocycles. The predicted octanol–water partition coefficient (Wildman–Crippen LogP) is 0.218. The normalized spacial score (nSPS) is 14.5. The largest absolute Gasteiger partial charge is 0.465 e. The zero-order chi connectivity index (χ0) is 28.7. The first-order valence-corrected chi connectivity index (χ1v) is 11.9. The lowest BCUT2D eigenvalue weighted by Gasteiger charge is -2.37. The number of rotatable bonds is 16. The monoisotopic (exact) mass is 553 g/mol. The smallest absolute Gasteiger partial charge is 0.315 e. The summed E-state index contributed by atoms with van der Waals surface area (Å²) in [6, 6.07) is 0. The first-order chi connectivity index (χ1) is 17.2. The van der Waals surface area contributed by atoms with E-state index in [9.17, 15) is 38.9 Å². The van der Waals surface area contributed by atoms with E-state index >= 15 is 0 Å². The average Bonchev–Trinajstić information content (AvgIpc) is 2.74. The number of hydrogen-bond donors (Lipinski definition) is 0. The summed E-state index contributed by atoms with van der Waals surface area (Å²) < 4.78 is 30.6. The Morgan fingerprint density at radius 1 is 0.730 bits per heavy atom. The molecule has 0 amide bonds. The van der Waals surface area contributed by atoms with Crippen LogP contribution in [0.15, 0.2) is 0 Å². The summed E-state index contributed by atoms with van der Waals surface area (Å²) >= 11 is 0.665. The van der Waals surface area contributed by atoms with Gasteiger partial charge in [0.15, 0.2) is 24.4 Å². The summed E-state index contributed by atoms with van der Waals surface area (Å²) in [6.45, 7) is 4.98. The van der Waals surface area contributed by atoms with Crippen LogP contribution in [-0.4, -0.2) is 95.9 Å². The van der Waals surface area contributed by atoms with Gasteiger partial charge in [-0.1, -0.05) is 0 Å². The quantitative estimate of drug-likeness (QED) is 0.109. The van der Waals surface area contributed by atoms with Crippen molar-refractivity contribution in [2.24, 2.45) is 0 Å². The van der Waals surface area contributed by atoms with Crippen LogP contribution in [0, 0.1) is 10.1 Å². The molecular formula is C21H31NO14S. The van der Waals surface area contributed by atoms with Crippen molar-refractivity contribution in [3.05, 3.63) is 10.1 Å². The van der Waals surface area contributed by atoms with Gasteiger partial charge in [-0.15, -0.1) is 11.8 Å². The molecule has 210 valence electrons. The summed E-state index contributed by atoms with van der Waals surface area (Å²) in [6.07, 6.45) is -6.85. The molecule has 0 heterocycles. The molecule has 37 heavy (non-hydrogen) atoms. The van der Waals surface area contributed by atoms with E-state index in [0.29, 0.717) is 11.8 Å². The van der Waals surface area contributed by atoms with Crippen LogP contribution in [0.4, 0.5) is 0 Å². The van der Waals surface area contributed by atoms with Gasteiger partial charge in [-0.2, -0.15) is 0 Å². The Bertz CT molecular complexity index is 847. The Morgan fingerprint density at radius 2 is 1.22 bits per heavy atom. The number of ether oxygens (including phenoxy) is 6. The minimum absolute atomic E-state index is 0.0392. The van der Waals surface area contributed by atoms with Crippen molar-refractivity contribution >= 4 is 47.6 Å². The molecule has 0 bridgehead atoms. The van der Waals surface area contributed by atoms with Gasteiger partial charge < -0.3 is 28.4 Å². The molecule has 0 fully saturated rings. The van der Waals surface area contributed by atoms with Crippen LogP contribution in [0.5, 0.6) is 0 Å². The van der Waals surface area contributed by atoms with E-state index in [1.54, 1.807) is 6.92 Å². The van der Waals surface area contributed by atoms with Crippen molar-refractivity contribution < 1.29 is 62.1 Å². The van der Waals surface area contributed by atoms with Gasteiger partial charge >= 0.3 is 35.8 Å². The highest BCUT2D eigenvalue weighted by Crippen LogP contribution is 2.28. The molecule has 0 saturated carbocycles. The number of carbonyl (C=O) groups excluding carboxylic acids is 6. The Kier molecular flexibility index (Phi) is 15.5. The van der Waals surface area contributed by atoms with E-state index in [0.717, 1.165) is 34.6 Å². The average molecular weight is 554 g/mol. The number of esters is 6. The van der Waals surface area contributed by atoms with Crippen LogP contribution in [0.2, 0.25) is 0 Å².